The highest BCUT2D eigenvalue weighted by molar-refractivity contribution is 14.1. The summed E-state index contributed by atoms with van der Waals surface area (Å²) in [5.74, 6) is -0.266. The molecule has 0 heterocycles. The van der Waals surface area contributed by atoms with Crippen molar-refractivity contribution in [2.24, 2.45) is 0 Å². The van der Waals surface area contributed by atoms with E-state index in [-0.39, 0.29) is 35.7 Å². The molecule has 0 atom stereocenters. The molecule has 0 bridgehead atoms. The van der Waals surface area contributed by atoms with Crippen LogP contribution in [0.15, 0.2) is 33.1 Å². The highest BCUT2D eigenvalue weighted by Gasteiger charge is 2.18. The number of rotatable bonds is 1. The van der Waals surface area contributed by atoms with E-state index in [4.69, 9.17) is 0 Å². The van der Waals surface area contributed by atoms with E-state index in [0.717, 1.165) is 0 Å². The topological polar surface area (TPSA) is 54.4 Å². The first-order valence-electron chi connectivity index (χ1n) is 4.48. The van der Waals surface area contributed by atoms with Gasteiger partial charge in [0.2, 0.25) is 0 Å². The fraction of sp³-hybridized carbons (Fsp3) is 0.273. The van der Waals surface area contributed by atoms with Gasteiger partial charge >= 0.3 is 0 Å². The van der Waals surface area contributed by atoms with Gasteiger partial charge in [0.1, 0.15) is 11.5 Å². The van der Waals surface area contributed by atoms with Gasteiger partial charge in [0.25, 0.3) is 0 Å². The van der Waals surface area contributed by atoms with E-state index in [1.807, 2.05) is 22.6 Å². The molecule has 4 heteroatoms. The Labute approximate surface area is 102 Å². The van der Waals surface area contributed by atoms with Crippen molar-refractivity contribution in [3.05, 3.63) is 33.1 Å². The normalized spacial score (nSPS) is 26.1. The molecule has 3 nitrogen and oxygen atoms in total. The Morgan fingerprint density at radius 2 is 2.20 bits per heavy atom. The second kappa shape index (κ2) is 5.25. The first-order chi connectivity index (χ1) is 7.06. The molecule has 0 aliphatic heterocycles. The standard InChI is InChI=1S/C11H11IO3/c1-7-5-8(13)3-2-4-9(14)11(7)10(15)6-12/h2,4,6,15H,3,5H2,1H3/b4-2-,10-6-,11-7+. The number of hydrogen-bond donors (Lipinski definition) is 1. The summed E-state index contributed by atoms with van der Waals surface area (Å²) < 4.78 is 1.43. The minimum atomic E-state index is -0.245. The number of halogens is 1. The summed E-state index contributed by atoms with van der Waals surface area (Å²) in [6, 6.07) is 0. The lowest BCUT2D eigenvalue weighted by Gasteiger charge is -2.10. The van der Waals surface area contributed by atoms with Crippen LogP contribution in [0.4, 0.5) is 0 Å². The second-order valence-corrected chi connectivity index (χ2v) is 3.96. The van der Waals surface area contributed by atoms with Crippen LogP contribution in [0, 0.1) is 0 Å². The largest absolute Gasteiger partial charge is 0.507 e. The number of aliphatic hydroxyl groups is 1. The average molecular weight is 318 g/mol. The van der Waals surface area contributed by atoms with Crippen molar-refractivity contribution in [3.8, 4) is 0 Å². The minimum absolute atomic E-state index is 0.0509. The van der Waals surface area contributed by atoms with Gasteiger partial charge in [-0.2, -0.15) is 0 Å². The first kappa shape index (κ1) is 12.2. The zero-order chi connectivity index (χ0) is 11.4. The van der Waals surface area contributed by atoms with Crippen LogP contribution in [0.25, 0.3) is 0 Å². The lowest BCUT2D eigenvalue weighted by Crippen LogP contribution is -2.10. The van der Waals surface area contributed by atoms with Crippen LogP contribution in [0.5, 0.6) is 0 Å². The molecule has 0 amide bonds. The van der Waals surface area contributed by atoms with Crippen LogP contribution in [0.3, 0.4) is 0 Å². The maximum atomic E-state index is 11.6. The molecule has 0 fully saturated rings. The third-order valence-corrected chi connectivity index (χ3v) is 2.70. The Morgan fingerprint density at radius 3 is 2.80 bits per heavy atom. The van der Waals surface area contributed by atoms with Gasteiger partial charge in [0.05, 0.1) is 5.57 Å². The number of hydrogen-bond acceptors (Lipinski definition) is 3. The Balaban J connectivity index is 3.20. The molecule has 1 N–H and O–H groups in total. The lowest BCUT2D eigenvalue weighted by atomic mass is 9.95. The van der Waals surface area contributed by atoms with E-state index in [1.165, 1.54) is 16.2 Å². The van der Waals surface area contributed by atoms with Crippen molar-refractivity contribution >= 4 is 34.2 Å². The summed E-state index contributed by atoms with van der Waals surface area (Å²) in [7, 11) is 0. The van der Waals surface area contributed by atoms with Crippen molar-refractivity contribution in [1.82, 2.24) is 0 Å². The third kappa shape index (κ3) is 3.02. The van der Waals surface area contributed by atoms with E-state index >= 15 is 0 Å². The predicted molar refractivity (Wildman–Crippen MR) is 65.8 cm³/mol. The molecule has 1 aliphatic carbocycles. The van der Waals surface area contributed by atoms with Gasteiger partial charge in [0.15, 0.2) is 5.78 Å². The van der Waals surface area contributed by atoms with Gasteiger partial charge in [-0.25, -0.2) is 0 Å². The van der Waals surface area contributed by atoms with E-state index in [1.54, 1.807) is 6.92 Å². The Morgan fingerprint density at radius 1 is 1.53 bits per heavy atom. The van der Waals surface area contributed by atoms with E-state index in [0.29, 0.717) is 5.57 Å². The quantitative estimate of drug-likeness (QED) is 0.597. The number of Topliss-reactive ketones (excluding diaryl/α,β-unsaturated/α-hetero) is 1. The summed E-state index contributed by atoms with van der Waals surface area (Å²) in [6.07, 6.45) is 3.38. The molecule has 80 valence electrons. The SMILES string of the molecule is C/C1=C(\C(O)=C\I)C(=O)/C=C\CC(=O)C1. The molecular formula is C11H11IO3. The number of carbonyl (C=O) groups excluding carboxylic acids is 2. The molecule has 1 aliphatic rings. The lowest BCUT2D eigenvalue weighted by molar-refractivity contribution is -0.117. The molecule has 0 saturated carbocycles. The molecule has 0 aromatic heterocycles. The maximum Gasteiger partial charge on any atom is 0.189 e. The van der Waals surface area contributed by atoms with Crippen LogP contribution in [-0.4, -0.2) is 16.7 Å². The Hall–Kier alpha value is -0.910. The van der Waals surface area contributed by atoms with E-state index in [2.05, 4.69) is 0 Å². The van der Waals surface area contributed by atoms with Gasteiger partial charge in [0, 0.05) is 16.9 Å². The van der Waals surface area contributed by atoms with Crippen LogP contribution < -0.4 is 0 Å². The number of allylic oxidation sites excluding steroid dienone is 4. The van der Waals surface area contributed by atoms with Gasteiger partial charge in [-0.1, -0.05) is 11.6 Å². The van der Waals surface area contributed by atoms with Crippen molar-refractivity contribution in [2.75, 3.05) is 0 Å². The zero-order valence-corrected chi connectivity index (χ0v) is 10.4. The monoisotopic (exact) mass is 318 g/mol. The van der Waals surface area contributed by atoms with Gasteiger partial charge in [-0.3, -0.25) is 9.59 Å². The molecule has 0 spiro atoms. The summed E-state index contributed by atoms with van der Waals surface area (Å²) in [5, 5.41) is 9.56. The van der Waals surface area contributed by atoms with Gasteiger partial charge in [-0.05, 0) is 35.6 Å². The first-order valence-corrected chi connectivity index (χ1v) is 5.73. The van der Waals surface area contributed by atoms with Crippen LogP contribution in [0.2, 0.25) is 0 Å². The molecular weight excluding hydrogens is 307 g/mol. The van der Waals surface area contributed by atoms with Crippen LogP contribution in [0.1, 0.15) is 19.8 Å². The van der Waals surface area contributed by atoms with E-state index in [9.17, 15) is 14.7 Å². The van der Waals surface area contributed by atoms with Gasteiger partial charge in [-0.15, -0.1) is 0 Å². The molecule has 0 unspecified atom stereocenters. The fourth-order valence-electron chi connectivity index (χ4n) is 1.45. The highest BCUT2D eigenvalue weighted by atomic mass is 127. The summed E-state index contributed by atoms with van der Waals surface area (Å²) in [6.45, 7) is 1.70. The molecule has 0 aromatic rings. The molecule has 0 radical (unpaired) electrons. The van der Waals surface area contributed by atoms with Gasteiger partial charge < -0.3 is 5.11 Å². The average Bonchev–Trinajstić information content (AvgIpc) is 2.15. The Bertz CT molecular complexity index is 389. The van der Waals surface area contributed by atoms with E-state index < -0.39 is 0 Å². The Kier molecular flexibility index (Phi) is 4.26. The van der Waals surface area contributed by atoms with Crippen LogP contribution in [-0.2, 0) is 9.59 Å². The fourth-order valence-corrected chi connectivity index (χ4v) is 1.76. The highest BCUT2D eigenvalue weighted by Crippen LogP contribution is 2.21. The summed E-state index contributed by atoms with van der Waals surface area (Å²) in [5.41, 5.74) is 0.869. The predicted octanol–water partition coefficient (Wildman–Crippen LogP) is 2.63. The van der Waals surface area contributed by atoms with Crippen molar-refractivity contribution in [3.63, 3.8) is 0 Å². The van der Waals surface area contributed by atoms with Crippen LogP contribution >= 0.6 is 22.6 Å². The molecule has 1 rings (SSSR count). The molecule has 0 saturated heterocycles. The molecule has 15 heavy (non-hydrogen) atoms. The minimum Gasteiger partial charge on any atom is -0.507 e. The third-order valence-electron chi connectivity index (χ3n) is 2.11. The van der Waals surface area contributed by atoms with Crippen molar-refractivity contribution in [2.45, 2.75) is 19.8 Å². The number of carbonyl (C=O) groups is 2. The second-order valence-electron chi connectivity index (χ2n) is 3.34. The number of aliphatic hydroxyl groups excluding tert-OH is 1. The summed E-state index contributed by atoms with van der Waals surface area (Å²) >= 11 is 1.86. The smallest absolute Gasteiger partial charge is 0.189 e. The van der Waals surface area contributed by atoms with Crippen molar-refractivity contribution in [1.29, 1.82) is 0 Å². The maximum absolute atomic E-state index is 11.6. The zero-order valence-electron chi connectivity index (χ0n) is 8.29. The summed E-state index contributed by atoms with van der Waals surface area (Å²) in [4.78, 5) is 22.9. The van der Waals surface area contributed by atoms with Crippen molar-refractivity contribution < 1.29 is 14.7 Å². The number of ketones is 2. The molecule has 0 aromatic carbocycles.